The van der Waals surface area contributed by atoms with Crippen molar-refractivity contribution in [1.82, 2.24) is 4.31 Å². The third-order valence-electron chi connectivity index (χ3n) is 2.70. The normalized spacial score (nSPS) is 16.7. The van der Waals surface area contributed by atoms with Gasteiger partial charge in [-0.05, 0) is 33.1 Å². The van der Waals surface area contributed by atoms with Gasteiger partial charge in [0.2, 0.25) is 10.0 Å². The van der Waals surface area contributed by atoms with Gasteiger partial charge in [0, 0.05) is 9.65 Å². The Balaban J connectivity index is -0.000000602. The predicted octanol–water partition coefficient (Wildman–Crippen LogP) is 4.36. The predicted molar refractivity (Wildman–Crippen MR) is 91.5 cm³/mol. The molecule has 0 aromatic heterocycles. The average molecular weight is 317 g/mol. The lowest BCUT2D eigenvalue weighted by Crippen LogP contribution is -2.47. The molecule has 0 radical (unpaired) electrons. The minimum Gasteiger partial charge on any atom is -0.362 e. The first-order valence-corrected chi connectivity index (χ1v) is 7.09. The molecule has 0 amide bonds. The molecule has 0 aromatic carbocycles. The average Bonchev–Trinajstić information content (AvgIpc) is 2.11. The van der Waals surface area contributed by atoms with Crippen molar-refractivity contribution in [3.05, 3.63) is 0 Å². The van der Waals surface area contributed by atoms with Gasteiger partial charge in [-0.2, -0.15) is 4.31 Å². The fourth-order valence-corrected chi connectivity index (χ4v) is 1.97. The molecule has 0 fully saturated rings. The summed E-state index contributed by atoms with van der Waals surface area (Å²) in [5.41, 5.74) is -1.03. The molecule has 20 heavy (non-hydrogen) atoms. The van der Waals surface area contributed by atoms with E-state index in [0.717, 1.165) is 4.31 Å². The molecule has 0 aliphatic heterocycles. The Hall–Kier alpha value is -0.130. The van der Waals surface area contributed by atoms with Gasteiger partial charge in [0.15, 0.2) is 0 Å². The lowest BCUT2D eigenvalue weighted by Gasteiger charge is -2.35. The molecule has 0 saturated heterocycles. The molecule has 0 saturated carbocycles. The van der Waals surface area contributed by atoms with Gasteiger partial charge < -0.3 is 4.74 Å². The maximum atomic E-state index is 12.1. The van der Waals surface area contributed by atoms with Crippen LogP contribution in [-0.4, -0.2) is 37.3 Å². The Morgan fingerprint density at radius 3 is 1.75 bits per heavy atom. The molecule has 128 valence electrons. The molecule has 4 nitrogen and oxygen atoms in total. The summed E-state index contributed by atoms with van der Waals surface area (Å²) < 4.78 is 52.4. The zero-order valence-corrected chi connectivity index (χ0v) is 12.7. The summed E-state index contributed by atoms with van der Waals surface area (Å²) in [6.07, 6.45) is -3.30. The maximum absolute atomic E-state index is 12.1. The molecular formula is C15H39NO3S. The SMILES string of the molecule is C.C.C.[2H]C([2H])([2H])S(=O)(=O)N(COC(C)C(C)(C)C)C(C)(C)C. The highest BCUT2D eigenvalue weighted by Gasteiger charge is 2.31. The highest BCUT2D eigenvalue weighted by atomic mass is 32.2. The Bertz CT molecular complexity index is 421. The quantitative estimate of drug-likeness (QED) is 0.724. The van der Waals surface area contributed by atoms with Crippen molar-refractivity contribution >= 4 is 10.0 Å². The number of sulfonamides is 1. The monoisotopic (exact) mass is 316 g/mol. The second kappa shape index (κ2) is 9.00. The van der Waals surface area contributed by atoms with Crippen LogP contribution in [0.3, 0.4) is 0 Å². The van der Waals surface area contributed by atoms with E-state index in [1.807, 2.05) is 27.7 Å². The van der Waals surface area contributed by atoms with Crippen LogP contribution in [0, 0.1) is 5.41 Å². The molecule has 0 aliphatic rings. The summed E-state index contributed by atoms with van der Waals surface area (Å²) in [5, 5.41) is 0. The van der Waals surface area contributed by atoms with E-state index in [0.29, 0.717) is 0 Å². The number of nitrogens with zero attached hydrogens (tertiary/aromatic N) is 1. The van der Waals surface area contributed by atoms with Crippen molar-refractivity contribution in [2.24, 2.45) is 5.41 Å². The summed E-state index contributed by atoms with van der Waals surface area (Å²) in [7, 11) is -4.43. The van der Waals surface area contributed by atoms with E-state index < -0.39 is 21.7 Å². The second-order valence-electron chi connectivity index (χ2n) is 6.33. The van der Waals surface area contributed by atoms with Crippen LogP contribution in [0.2, 0.25) is 0 Å². The smallest absolute Gasteiger partial charge is 0.213 e. The van der Waals surface area contributed by atoms with Crippen molar-refractivity contribution in [3.63, 3.8) is 0 Å². The molecule has 0 aliphatic carbocycles. The van der Waals surface area contributed by atoms with Crippen molar-refractivity contribution in [3.8, 4) is 0 Å². The van der Waals surface area contributed by atoms with E-state index in [1.54, 1.807) is 20.8 Å². The summed E-state index contributed by atoms with van der Waals surface area (Å²) >= 11 is 0. The number of hydrogen-bond acceptors (Lipinski definition) is 3. The third-order valence-corrected chi connectivity index (χ3v) is 3.93. The van der Waals surface area contributed by atoms with Crippen LogP contribution < -0.4 is 0 Å². The van der Waals surface area contributed by atoms with Crippen LogP contribution in [0.15, 0.2) is 0 Å². The van der Waals surface area contributed by atoms with E-state index in [9.17, 15) is 8.42 Å². The van der Waals surface area contributed by atoms with Crippen LogP contribution >= 0.6 is 0 Å². The highest BCUT2D eigenvalue weighted by Crippen LogP contribution is 2.24. The van der Waals surface area contributed by atoms with E-state index in [1.165, 1.54) is 0 Å². The molecule has 1 unspecified atom stereocenters. The fraction of sp³-hybridized carbons (Fsp3) is 1.00. The van der Waals surface area contributed by atoms with Gasteiger partial charge in [-0.3, -0.25) is 0 Å². The van der Waals surface area contributed by atoms with Crippen molar-refractivity contribution < 1.29 is 17.3 Å². The number of hydrogen-bond donors (Lipinski definition) is 0. The van der Waals surface area contributed by atoms with E-state index in [2.05, 4.69) is 0 Å². The largest absolute Gasteiger partial charge is 0.362 e. The van der Waals surface area contributed by atoms with Gasteiger partial charge in [0.25, 0.3) is 0 Å². The fourth-order valence-electron chi connectivity index (χ4n) is 1.05. The van der Waals surface area contributed by atoms with Gasteiger partial charge >= 0.3 is 0 Å². The van der Waals surface area contributed by atoms with E-state index in [4.69, 9.17) is 8.85 Å². The number of ether oxygens (including phenoxy) is 1. The van der Waals surface area contributed by atoms with Crippen molar-refractivity contribution in [2.75, 3.05) is 12.9 Å². The lowest BCUT2D eigenvalue weighted by molar-refractivity contribution is -0.0528. The summed E-state index contributed by atoms with van der Waals surface area (Å²) in [6, 6.07) is 0. The van der Waals surface area contributed by atoms with Gasteiger partial charge in [0.05, 0.1) is 12.3 Å². The topological polar surface area (TPSA) is 46.6 Å². The van der Waals surface area contributed by atoms with Gasteiger partial charge in [-0.1, -0.05) is 43.1 Å². The van der Waals surface area contributed by atoms with Crippen LogP contribution in [0.4, 0.5) is 0 Å². The van der Waals surface area contributed by atoms with Gasteiger partial charge in [-0.25, -0.2) is 8.42 Å². The first-order chi connectivity index (χ1) is 8.51. The van der Waals surface area contributed by atoms with Crippen molar-refractivity contribution in [1.29, 1.82) is 0 Å². The second-order valence-corrected chi connectivity index (χ2v) is 7.72. The molecule has 0 spiro atoms. The van der Waals surface area contributed by atoms with Gasteiger partial charge in [-0.15, -0.1) is 0 Å². The van der Waals surface area contributed by atoms with Crippen molar-refractivity contribution in [2.45, 2.75) is 82.4 Å². The Morgan fingerprint density at radius 1 is 1.10 bits per heavy atom. The Kier molecular flexibility index (Phi) is 8.95. The Morgan fingerprint density at radius 2 is 1.50 bits per heavy atom. The maximum Gasteiger partial charge on any atom is 0.213 e. The number of rotatable bonds is 4. The molecule has 0 N–H and O–H groups in total. The molecule has 5 heteroatoms. The standard InChI is InChI=1S/C12H27NO3S.3CH4/c1-10(11(2,3)4)16-9-13(12(5,6)7)17(8,14)15;;;/h10H,9H2,1-8H3;3*1H4/i8D3;;;. The Labute approximate surface area is 133 Å². The first kappa shape index (κ1) is 19.9. The molecule has 1 atom stereocenters. The van der Waals surface area contributed by atoms with Crippen LogP contribution in [-0.2, 0) is 14.8 Å². The minimum absolute atomic E-state index is 0. The summed E-state index contributed by atoms with van der Waals surface area (Å²) in [4.78, 5) is 0. The molecule has 0 aromatic rings. The zero-order valence-electron chi connectivity index (χ0n) is 14.9. The summed E-state index contributed by atoms with van der Waals surface area (Å²) in [5.74, 6) is 0. The molecule has 0 bridgehead atoms. The first-order valence-electron chi connectivity index (χ1n) is 7.15. The molecule has 0 rings (SSSR count). The summed E-state index contributed by atoms with van der Waals surface area (Å²) in [6.45, 7) is 12.4. The molecule has 0 heterocycles. The van der Waals surface area contributed by atoms with Gasteiger partial charge in [0.1, 0.15) is 6.73 Å². The van der Waals surface area contributed by atoms with Crippen LogP contribution in [0.1, 0.15) is 74.9 Å². The third kappa shape index (κ3) is 9.72. The minimum atomic E-state index is -4.43. The zero-order chi connectivity index (χ0) is 16.6. The van der Waals surface area contributed by atoms with Crippen LogP contribution in [0.5, 0.6) is 0 Å². The van der Waals surface area contributed by atoms with E-state index in [-0.39, 0.29) is 40.5 Å². The van der Waals surface area contributed by atoms with Crippen LogP contribution in [0.25, 0.3) is 0 Å². The molecular weight excluding hydrogens is 274 g/mol. The van der Waals surface area contributed by atoms with E-state index >= 15 is 0 Å². The highest BCUT2D eigenvalue weighted by molar-refractivity contribution is 7.88. The lowest BCUT2D eigenvalue weighted by atomic mass is 9.90.